The van der Waals surface area contributed by atoms with Gasteiger partial charge in [-0.25, -0.2) is 0 Å². The van der Waals surface area contributed by atoms with Gasteiger partial charge >= 0.3 is 0 Å². The van der Waals surface area contributed by atoms with Crippen molar-refractivity contribution in [2.24, 2.45) is 0 Å². The maximum absolute atomic E-state index is 5.75. The maximum Gasteiger partial charge on any atom is 0.0780 e. The van der Waals surface area contributed by atoms with E-state index < -0.39 is 0 Å². The van der Waals surface area contributed by atoms with Crippen molar-refractivity contribution in [2.75, 3.05) is 31.1 Å². The lowest BCUT2D eigenvalue weighted by atomic mass is 9.80. The molecule has 2 aromatic carbocycles. The monoisotopic (exact) mass is 352 g/mol. The van der Waals surface area contributed by atoms with Gasteiger partial charge in [-0.05, 0) is 36.0 Å². The quantitative estimate of drug-likeness (QED) is 0.707. The molecule has 2 nitrogen and oxygen atoms in total. The third-order valence-corrected chi connectivity index (χ3v) is 5.74. The second-order valence-corrected chi connectivity index (χ2v) is 7.92. The van der Waals surface area contributed by atoms with Gasteiger partial charge in [-0.2, -0.15) is 0 Å². The van der Waals surface area contributed by atoms with Crippen LogP contribution in [0.5, 0.6) is 0 Å². The molecule has 0 aliphatic carbocycles. The Balaban J connectivity index is 1.50. The molecule has 0 unspecified atom stereocenters. The van der Waals surface area contributed by atoms with E-state index in [9.17, 15) is 0 Å². The van der Waals surface area contributed by atoms with Crippen LogP contribution in [0.4, 0.5) is 5.69 Å². The van der Waals surface area contributed by atoms with Crippen molar-refractivity contribution < 1.29 is 0 Å². The molecule has 0 radical (unpaired) electrons. The summed E-state index contributed by atoms with van der Waals surface area (Å²) in [5.74, 6) is 0. The number of hydrogen-bond donors (Lipinski definition) is 0. The average molecular weight is 353 g/mol. The van der Waals surface area contributed by atoms with Crippen molar-refractivity contribution >= 4 is 22.9 Å². The lowest BCUT2D eigenvalue weighted by Gasteiger charge is -2.38. The van der Waals surface area contributed by atoms with E-state index in [4.69, 9.17) is 12.2 Å². The van der Waals surface area contributed by atoms with Crippen LogP contribution in [-0.4, -0.2) is 36.1 Å². The van der Waals surface area contributed by atoms with Gasteiger partial charge in [-0.3, -0.25) is 0 Å². The number of rotatable bonds is 5. The zero-order valence-corrected chi connectivity index (χ0v) is 16.1. The summed E-state index contributed by atoms with van der Waals surface area (Å²) < 4.78 is 0. The van der Waals surface area contributed by atoms with E-state index in [1.807, 2.05) is 0 Å². The molecule has 3 rings (SSSR count). The van der Waals surface area contributed by atoms with Crippen LogP contribution in [0, 0.1) is 0 Å². The topological polar surface area (TPSA) is 6.48 Å². The van der Waals surface area contributed by atoms with Crippen LogP contribution in [0.3, 0.4) is 0 Å². The summed E-state index contributed by atoms with van der Waals surface area (Å²) in [6.07, 6.45) is 2.08. The lowest BCUT2D eigenvalue weighted by molar-refractivity contribution is 0.378. The van der Waals surface area contributed by atoms with Gasteiger partial charge in [0.15, 0.2) is 0 Å². The summed E-state index contributed by atoms with van der Waals surface area (Å²) in [5, 5.41) is 0. The predicted molar refractivity (Wildman–Crippen MR) is 112 cm³/mol. The van der Waals surface area contributed by atoms with E-state index in [1.165, 1.54) is 11.3 Å². The second kappa shape index (κ2) is 8.01. The molecule has 1 saturated heterocycles. The van der Waals surface area contributed by atoms with Gasteiger partial charge < -0.3 is 9.80 Å². The second-order valence-electron chi connectivity index (χ2n) is 7.45. The maximum atomic E-state index is 5.75. The summed E-state index contributed by atoms with van der Waals surface area (Å²) in [7, 11) is 0. The van der Waals surface area contributed by atoms with Crippen molar-refractivity contribution in [3.8, 4) is 0 Å². The lowest BCUT2D eigenvalue weighted by Crippen LogP contribution is -2.48. The number of anilines is 1. The fourth-order valence-electron chi connectivity index (χ4n) is 3.46. The van der Waals surface area contributed by atoms with E-state index in [0.29, 0.717) is 0 Å². The highest BCUT2D eigenvalue weighted by molar-refractivity contribution is 7.80. The van der Waals surface area contributed by atoms with Crippen LogP contribution >= 0.6 is 12.2 Å². The third-order valence-electron chi connectivity index (χ3n) is 5.27. The van der Waals surface area contributed by atoms with Crippen LogP contribution in [0.25, 0.3) is 0 Å². The Kier molecular flexibility index (Phi) is 5.74. The van der Waals surface area contributed by atoms with Gasteiger partial charge in [0.05, 0.1) is 4.99 Å². The Morgan fingerprint density at radius 1 is 0.880 bits per heavy atom. The summed E-state index contributed by atoms with van der Waals surface area (Å²) in [4.78, 5) is 5.97. The van der Waals surface area contributed by atoms with Crippen LogP contribution in [-0.2, 0) is 5.41 Å². The minimum Gasteiger partial charge on any atom is -0.368 e. The molecular formula is C22H28N2S. The summed E-state index contributed by atoms with van der Waals surface area (Å²) in [6, 6.07) is 21.4. The molecular weight excluding hydrogens is 324 g/mol. The molecule has 0 spiro atoms. The van der Waals surface area contributed by atoms with Gasteiger partial charge in [0.25, 0.3) is 0 Å². The summed E-state index contributed by atoms with van der Waals surface area (Å²) >= 11 is 5.75. The van der Waals surface area contributed by atoms with Crippen molar-refractivity contribution in [3.63, 3.8) is 0 Å². The largest absolute Gasteiger partial charge is 0.368 e. The molecule has 3 heteroatoms. The molecule has 0 saturated carbocycles. The normalized spacial score (nSPS) is 15.3. The molecule has 132 valence electrons. The van der Waals surface area contributed by atoms with Crippen LogP contribution in [0.15, 0.2) is 60.7 Å². The molecule has 25 heavy (non-hydrogen) atoms. The molecule has 0 bridgehead atoms. The van der Waals surface area contributed by atoms with Gasteiger partial charge in [0.2, 0.25) is 0 Å². The molecule has 0 N–H and O–H groups in total. The minimum absolute atomic E-state index is 0.164. The van der Waals surface area contributed by atoms with Gasteiger partial charge in [-0.15, -0.1) is 0 Å². The number of thiocarbonyl (C=S) groups is 1. The molecule has 0 atom stereocenters. The number of hydrogen-bond acceptors (Lipinski definition) is 2. The first-order valence-corrected chi connectivity index (χ1v) is 9.60. The smallest absolute Gasteiger partial charge is 0.0780 e. The van der Waals surface area contributed by atoms with Crippen LogP contribution in [0.1, 0.15) is 32.3 Å². The van der Waals surface area contributed by atoms with E-state index in [2.05, 4.69) is 84.3 Å². The first kappa shape index (κ1) is 17.9. The highest BCUT2D eigenvalue weighted by Gasteiger charge is 2.23. The summed E-state index contributed by atoms with van der Waals surface area (Å²) in [6.45, 7) is 8.79. The molecule has 2 aromatic rings. The number of piperazine rings is 1. The number of para-hydroxylation sites is 1. The first-order chi connectivity index (χ1) is 12.1. The van der Waals surface area contributed by atoms with Crippen molar-refractivity contribution in [2.45, 2.75) is 32.1 Å². The van der Waals surface area contributed by atoms with E-state index in [-0.39, 0.29) is 5.41 Å². The van der Waals surface area contributed by atoms with Crippen molar-refractivity contribution in [1.82, 2.24) is 4.90 Å². The van der Waals surface area contributed by atoms with E-state index in [0.717, 1.165) is 44.0 Å². The Morgan fingerprint density at radius 2 is 1.44 bits per heavy atom. The molecule has 1 aliphatic heterocycles. The SMILES string of the molecule is CC(C)(CCC(=S)N1CCN(c2ccccc2)CC1)c1ccccc1. The minimum atomic E-state index is 0.164. The summed E-state index contributed by atoms with van der Waals surface area (Å²) in [5.41, 5.74) is 2.88. The van der Waals surface area contributed by atoms with Crippen molar-refractivity contribution in [1.29, 1.82) is 0 Å². The van der Waals surface area contributed by atoms with Gasteiger partial charge in [0.1, 0.15) is 0 Å². The zero-order valence-electron chi connectivity index (χ0n) is 15.3. The van der Waals surface area contributed by atoms with Crippen LogP contribution in [0.2, 0.25) is 0 Å². The highest BCUT2D eigenvalue weighted by Crippen LogP contribution is 2.29. The predicted octanol–water partition coefficient (Wildman–Crippen LogP) is 4.89. The van der Waals surface area contributed by atoms with Crippen LogP contribution < -0.4 is 4.90 Å². The van der Waals surface area contributed by atoms with E-state index >= 15 is 0 Å². The Morgan fingerprint density at radius 3 is 2.04 bits per heavy atom. The first-order valence-electron chi connectivity index (χ1n) is 9.19. The van der Waals surface area contributed by atoms with Gasteiger partial charge in [0, 0.05) is 31.9 Å². The number of benzene rings is 2. The molecule has 0 aromatic heterocycles. The fourth-order valence-corrected chi connectivity index (χ4v) is 3.75. The van der Waals surface area contributed by atoms with Crippen molar-refractivity contribution in [3.05, 3.63) is 66.2 Å². The Labute approximate surface area is 157 Å². The molecule has 1 aliphatic rings. The molecule has 0 amide bonds. The average Bonchev–Trinajstić information content (AvgIpc) is 2.68. The third kappa shape index (κ3) is 4.60. The van der Waals surface area contributed by atoms with E-state index in [1.54, 1.807) is 0 Å². The van der Waals surface area contributed by atoms with Gasteiger partial charge in [-0.1, -0.05) is 74.6 Å². The Bertz CT molecular complexity index is 674. The molecule has 1 heterocycles. The Hall–Kier alpha value is -1.87. The standard InChI is InChI=1S/C22H28N2S/c1-22(2,19-9-5-3-6-10-19)14-13-21(25)24-17-15-23(16-18-24)20-11-7-4-8-12-20/h3-12H,13-18H2,1-2H3. The number of nitrogens with zero attached hydrogens (tertiary/aromatic N) is 2. The fraction of sp³-hybridized carbons (Fsp3) is 0.409. The molecule has 1 fully saturated rings. The highest BCUT2D eigenvalue weighted by atomic mass is 32.1. The zero-order chi connectivity index (χ0) is 17.7.